The summed E-state index contributed by atoms with van der Waals surface area (Å²) in [4.78, 5) is 4.49. The van der Waals surface area contributed by atoms with E-state index in [-0.39, 0.29) is 0 Å². The van der Waals surface area contributed by atoms with E-state index in [0.29, 0.717) is 6.04 Å². The number of hydrogen-bond acceptors (Lipinski definition) is 3. The smallest absolute Gasteiger partial charge is 0.126 e. The Balaban J connectivity index is 1.90. The number of anilines is 1. The van der Waals surface area contributed by atoms with E-state index >= 15 is 0 Å². The van der Waals surface area contributed by atoms with Crippen LogP contribution in [0.4, 0.5) is 5.82 Å². The van der Waals surface area contributed by atoms with Gasteiger partial charge in [-0.3, -0.25) is 0 Å². The molecule has 0 aliphatic carbocycles. The molecule has 2 N–H and O–H groups in total. The van der Waals surface area contributed by atoms with Gasteiger partial charge in [0.25, 0.3) is 0 Å². The molecule has 1 aliphatic rings. The van der Waals surface area contributed by atoms with Gasteiger partial charge in [0.1, 0.15) is 5.82 Å². The van der Waals surface area contributed by atoms with Crippen LogP contribution in [0.3, 0.4) is 0 Å². The van der Waals surface area contributed by atoms with Gasteiger partial charge < -0.3 is 10.6 Å². The van der Waals surface area contributed by atoms with Gasteiger partial charge in [0, 0.05) is 18.3 Å². The average Bonchev–Trinajstić information content (AvgIpc) is 2.73. The molecule has 3 heteroatoms. The van der Waals surface area contributed by atoms with E-state index in [9.17, 15) is 0 Å². The highest BCUT2D eigenvalue weighted by Crippen LogP contribution is 2.10. The topological polar surface area (TPSA) is 37.0 Å². The van der Waals surface area contributed by atoms with Gasteiger partial charge in [-0.25, -0.2) is 4.98 Å². The molecular formula is C12H19N3. The molecule has 1 aliphatic heterocycles. The van der Waals surface area contributed by atoms with Gasteiger partial charge in [-0.1, -0.05) is 6.07 Å². The second kappa shape index (κ2) is 4.62. The fourth-order valence-corrected chi connectivity index (χ4v) is 1.89. The number of hydrogen-bond donors (Lipinski definition) is 2. The first-order chi connectivity index (χ1) is 7.25. The molecule has 2 heterocycles. The third-order valence-corrected chi connectivity index (χ3v) is 3.04. The number of aromatic nitrogens is 1. The van der Waals surface area contributed by atoms with Crippen molar-refractivity contribution in [3.8, 4) is 0 Å². The lowest BCUT2D eigenvalue weighted by molar-refractivity contribution is 0.632. The van der Waals surface area contributed by atoms with Crippen LogP contribution in [0.5, 0.6) is 0 Å². The molecule has 1 aromatic heterocycles. The maximum absolute atomic E-state index is 4.49. The lowest BCUT2D eigenvalue weighted by Gasteiger charge is -2.12. The van der Waals surface area contributed by atoms with Gasteiger partial charge in [0.05, 0.1) is 0 Å². The van der Waals surface area contributed by atoms with Crippen molar-refractivity contribution in [1.82, 2.24) is 10.3 Å². The second-order valence-corrected chi connectivity index (χ2v) is 4.27. The summed E-state index contributed by atoms with van der Waals surface area (Å²) >= 11 is 0. The molecule has 0 amide bonds. The number of rotatable bonds is 3. The third-order valence-electron chi connectivity index (χ3n) is 3.04. The second-order valence-electron chi connectivity index (χ2n) is 4.27. The van der Waals surface area contributed by atoms with Gasteiger partial charge >= 0.3 is 0 Å². The minimum absolute atomic E-state index is 0.619. The summed E-state index contributed by atoms with van der Waals surface area (Å²) in [5.41, 5.74) is 2.36. The minimum Gasteiger partial charge on any atom is -0.369 e. The summed E-state index contributed by atoms with van der Waals surface area (Å²) < 4.78 is 0. The number of nitrogens with one attached hydrogen (secondary N) is 2. The molecule has 15 heavy (non-hydrogen) atoms. The van der Waals surface area contributed by atoms with Crippen LogP contribution < -0.4 is 10.6 Å². The molecule has 0 bridgehead atoms. The molecule has 0 radical (unpaired) electrons. The van der Waals surface area contributed by atoms with Crippen LogP contribution in [0.25, 0.3) is 0 Å². The Labute approximate surface area is 91.3 Å². The highest BCUT2D eigenvalue weighted by atomic mass is 15.0. The fraction of sp³-hybridized carbons (Fsp3) is 0.583. The van der Waals surface area contributed by atoms with Crippen molar-refractivity contribution in [1.29, 1.82) is 0 Å². The molecule has 3 nitrogen and oxygen atoms in total. The van der Waals surface area contributed by atoms with E-state index in [2.05, 4.69) is 34.7 Å². The lowest BCUT2D eigenvalue weighted by atomic mass is 10.2. The predicted octanol–water partition coefficient (Wildman–Crippen LogP) is 1.86. The largest absolute Gasteiger partial charge is 0.369 e. The molecule has 1 aromatic rings. The zero-order valence-corrected chi connectivity index (χ0v) is 9.51. The van der Waals surface area contributed by atoms with Crippen LogP contribution in [-0.4, -0.2) is 24.1 Å². The molecule has 1 atom stereocenters. The van der Waals surface area contributed by atoms with Gasteiger partial charge in [-0.15, -0.1) is 0 Å². The van der Waals surface area contributed by atoms with Crippen LogP contribution in [0, 0.1) is 13.8 Å². The Kier molecular flexibility index (Phi) is 3.21. The molecule has 1 fully saturated rings. The Morgan fingerprint density at radius 3 is 3.00 bits per heavy atom. The molecular weight excluding hydrogens is 186 g/mol. The highest BCUT2D eigenvalue weighted by molar-refractivity contribution is 5.38. The maximum Gasteiger partial charge on any atom is 0.126 e. The van der Waals surface area contributed by atoms with Gasteiger partial charge in [-0.2, -0.15) is 0 Å². The molecule has 82 valence electrons. The molecule has 1 saturated heterocycles. The van der Waals surface area contributed by atoms with Crippen molar-refractivity contribution in [3.05, 3.63) is 23.4 Å². The first kappa shape index (κ1) is 10.4. The molecule has 2 rings (SSSR count). The maximum atomic E-state index is 4.49. The van der Waals surface area contributed by atoms with Gasteiger partial charge in [0.15, 0.2) is 0 Å². The van der Waals surface area contributed by atoms with E-state index < -0.39 is 0 Å². The number of pyridine rings is 1. The van der Waals surface area contributed by atoms with Crippen LogP contribution in [0.15, 0.2) is 12.1 Å². The van der Waals surface area contributed by atoms with Crippen LogP contribution >= 0.6 is 0 Å². The summed E-state index contributed by atoms with van der Waals surface area (Å²) in [6.45, 7) is 6.28. The Bertz CT molecular complexity index is 330. The van der Waals surface area contributed by atoms with Gasteiger partial charge in [0.2, 0.25) is 0 Å². The molecule has 0 saturated carbocycles. The Morgan fingerprint density at radius 2 is 2.33 bits per heavy atom. The van der Waals surface area contributed by atoms with E-state index in [1.807, 2.05) is 6.92 Å². The van der Waals surface area contributed by atoms with Crippen molar-refractivity contribution in [2.75, 3.05) is 18.4 Å². The lowest BCUT2D eigenvalue weighted by Crippen LogP contribution is -2.29. The highest BCUT2D eigenvalue weighted by Gasteiger charge is 2.13. The summed E-state index contributed by atoms with van der Waals surface area (Å²) in [5.74, 6) is 0.992. The van der Waals surface area contributed by atoms with Crippen LogP contribution in [0.2, 0.25) is 0 Å². The summed E-state index contributed by atoms with van der Waals surface area (Å²) in [6.07, 6.45) is 2.57. The number of nitrogens with zero attached hydrogens (tertiary/aromatic N) is 1. The van der Waals surface area contributed by atoms with Crippen LogP contribution in [0.1, 0.15) is 24.1 Å². The van der Waals surface area contributed by atoms with Crippen molar-refractivity contribution in [2.24, 2.45) is 0 Å². The average molecular weight is 205 g/mol. The molecule has 0 spiro atoms. The summed E-state index contributed by atoms with van der Waals surface area (Å²) in [6, 6.07) is 4.79. The van der Waals surface area contributed by atoms with E-state index in [4.69, 9.17) is 0 Å². The number of aryl methyl sites for hydroxylation is 2. The predicted molar refractivity (Wildman–Crippen MR) is 63.2 cm³/mol. The van der Waals surface area contributed by atoms with E-state index in [1.54, 1.807) is 0 Å². The zero-order chi connectivity index (χ0) is 10.7. The third kappa shape index (κ3) is 2.69. The van der Waals surface area contributed by atoms with Crippen molar-refractivity contribution in [3.63, 3.8) is 0 Å². The van der Waals surface area contributed by atoms with Crippen molar-refractivity contribution < 1.29 is 0 Å². The van der Waals surface area contributed by atoms with Gasteiger partial charge in [-0.05, 0) is 44.9 Å². The normalized spacial score (nSPS) is 20.5. The minimum atomic E-state index is 0.619. The van der Waals surface area contributed by atoms with Crippen molar-refractivity contribution >= 4 is 5.82 Å². The summed E-state index contributed by atoms with van der Waals surface area (Å²) in [5, 5.41) is 6.84. The fourth-order valence-electron chi connectivity index (χ4n) is 1.89. The van der Waals surface area contributed by atoms with E-state index in [1.165, 1.54) is 18.4 Å². The summed E-state index contributed by atoms with van der Waals surface area (Å²) in [7, 11) is 0. The zero-order valence-electron chi connectivity index (χ0n) is 9.51. The first-order valence-corrected chi connectivity index (χ1v) is 5.67. The first-order valence-electron chi connectivity index (χ1n) is 5.67. The van der Waals surface area contributed by atoms with Crippen LogP contribution in [-0.2, 0) is 0 Å². The van der Waals surface area contributed by atoms with E-state index in [0.717, 1.165) is 24.6 Å². The Hall–Kier alpha value is -1.09. The monoisotopic (exact) mass is 205 g/mol. The SMILES string of the molecule is Cc1ccc(NCC2CCCN2)nc1C. The molecule has 1 unspecified atom stereocenters. The molecule has 0 aromatic carbocycles. The quantitative estimate of drug-likeness (QED) is 0.791. The standard InChI is InChI=1S/C12H19N3/c1-9-5-6-12(15-10(9)2)14-8-11-4-3-7-13-11/h5-6,11,13H,3-4,7-8H2,1-2H3,(H,14,15). The van der Waals surface area contributed by atoms with Crippen molar-refractivity contribution in [2.45, 2.75) is 32.7 Å². The Morgan fingerprint density at radius 1 is 1.47 bits per heavy atom.